The van der Waals surface area contributed by atoms with Gasteiger partial charge in [-0.3, -0.25) is 18.9 Å². The minimum atomic E-state index is -4.63. The summed E-state index contributed by atoms with van der Waals surface area (Å²) in [6.07, 6.45) is 0.151. The zero-order valence-electron chi connectivity index (χ0n) is 20.2. The van der Waals surface area contributed by atoms with Crippen LogP contribution in [-0.4, -0.2) is 30.4 Å². The molecular formula is C29H25NO6S2. The second kappa shape index (κ2) is 12.1. The number of ketones is 2. The summed E-state index contributed by atoms with van der Waals surface area (Å²) in [5.41, 5.74) is 3.13. The van der Waals surface area contributed by atoms with Crippen LogP contribution in [0.4, 0.5) is 5.69 Å². The Kier molecular flexibility index (Phi) is 8.62. The van der Waals surface area contributed by atoms with E-state index in [0.29, 0.717) is 17.7 Å². The fourth-order valence-corrected chi connectivity index (χ4v) is 5.65. The molecule has 0 aliphatic heterocycles. The Bertz CT molecular complexity index is 1510. The van der Waals surface area contributed by atoms with Crippen molar-refractivity contribution in [1.82, 2.24) is 0 Å². The number of benzene rings is 3. The lowest BCUT2D eigenvalue weighted by Crippen LogP contribution is -2.23. The van der Waals surface area contributed by atoms with E-state index >= 15 is 0 Å². The third kappa shape index (κ3) is 7.10. The molecule has 1 heterocycles. The average Bonchev–Trinajstić information content (AvgIpc) is 3.43. The molecule has 3 aromatic carbocycles. The molecule has 0 bridgehead atoms. The highest BCUT2D eigenvalue weighted by molar-refractivity contribution is 7.86. The Balaban J connectivity index is 1.30. The lowest BCUT2D eigenvalue weighted by atomic mass is 10.00. The van der Waals surface area contributed by atoms with E-state index < -0.39 is 32.8 Å². The molecule has 0 saturated heterocycles. The van der Waals surface area contributed by atoms with Gasteiger partial charge in [-0.2, -0.15) is 8.42 Å². The van der Waals surface area contributed by atoms with Gasteiger partial charge >= 0.3 is 0 Å². The van der Waals surface area contributed by atoms with E-state index in [1.807, 2.05) is 29.6 Å². The Morgan fingerprint density at radius 2 is 1.47 bits per heavy atom. The first-order chi connectivity index (χ1) is 18.2. The number of Topliss-reactive ketones (excluding diaryl/α,β-unsaturated/α-hetero) is 2. The van der Waals surface area contributed by atoms with E-state index in [-0.39, 0.29) is 18.4 Å². The number of aryl methyl sites for hydroxylation is 1. The summed E-state index contributed by atoms with van der Waals surface area (Å²) in [6.45, 7) is 0. The van der Waals surface area contributed by atoms with Gasteiger partial charge in [-0.15, -0.1) is 11.3 Å². The van der Waals surface area contributed by atoms with E-state index in [0.717, 1.165) is 16.0 Å². The second-order valence-electron chi connectivity index (χ2n) is 8.70. The zero-order valence-corrected chi connectivity index (χ0v) is 21.9. The summed E-state index contributed by atoms with van der Waals surface area (Å²) in [7, 11) is -4.63. The smallest absolute Gasteiger partial charge is 0.291 e. The molecule has 1 atom stereocenters. The van der Waals surface area contributed by atoms with E-state index in [2.05, 4.69) is 5.32 Å². The minimum Gasteiger partial charge on any atom is -0.319 e. The first-order valence-corrected chi connectivity index (χ1v) is 14.2. The molecule has 1 aromatic heterocycles. The van der Waals surface area contributed by atoms with Gasteiger partial charge in [0.25, 0.3) is 16.0 Å². The summed E-state index contributed by atoms with van der Waals surface area (Å²) in [5, 5.41) is 2.95. The molecule has 194 valence electrons. The van der Waals surface area contributed by atoms with E-state index in [4.69, 9.17) is 0 Å². The Labute approximate surface area is 224 Å². The SMILES string of the molecule is O=C(CCc1ccc(CC(=O)C(c2ccccc2)S(=O)(=O)O)cc1)C(=O)Nc1ccc(-c2cccs2)cc1. The van der Waals surface area contributed by atoms with Crippen molar-refractivity contribution in [3.05, 3.63) is 113 Å². The van der Waals surface area contributed by atoms with Crippen molar-refractivity contribution in [2.45, 2.75) is 24.5 Å². The largest absolute Gasteiger partial charge is 0.319 e. The van der Waals surface area contributed by atoms with Crippen LogP contribution >= 0.6 is 11.3 Å². The fourth-order valence-electron chi connectivity index (χ4n) is 4.00. The molecule has 1 amide bonds. The fraction of sp³-hybridized carbons (Fsp3) is 0.138. The number of hydrogen-bond donors (Lipinski definition) is 2. The molecule has 0 aliphatic carbocycles. The van der Waals surface area contributed by atoms with Crippen LogP contribution in [0.1, 0.15) is 28.4 Å². The number of thiophene rings is 1. The van der Waals surface area contributed by atoms with Gasteiger partial charge in [-0.05, 0) is 52.3 Å². The zero-order chi connectivity index (χ0) is 27.1. The van der Waals surface area contributed by atoms with E-state index in [1.54, 1.807) is 65.9 Å². The number of nitrogens with one attached hydrogen (secondary N) is 1. The summed E-state index contributed by atoms with van der Waals surface area (Å²) in [6, 6.07) is 25.9. The van der Waals surface area contributed by atoms with Crippen molar-refractivity contribution in [1.29, 1.82) is 0 Å². The lowest BCUT2D eigenvalue weighted by Gasteiger charge is -2.13. The molecule has 1 unspecified atom stereocenters. The van der Waals surface area contributed by atoms with Crippen LogP contribution in [0.2, 0.25) is 0 Å². The average molecular weight is 548 g/mol. The van der Waals surface area contributed by atoms with Crippen molar-refractivity contribution in [3.63, 3.8) is 0 Å². The van der Waals surface area contributed by atoms with Crippen LogP contribution in [0.15, 0.2) is 96.4 Å². The molecule has 0 saturated carbocycles. The molecule has 0 aliphatic rings. The number of carbonyl (C=O) groups excluding carboxylic acids is 3. The minimum absolute atomic E-state index is 0.0101. The predicted octanol–water partition coefficient (Wildman–Crippen LogP) is 5.30. The molecular weight excluding hydrogens is 522 g/mol. The molecule has 7 nitrogen and oxygen atoms in total. The monoisotopic (exact) mass is 547 g/mol. The van der Waals surface area contributed by atoms with Crippen LogP contribution in [0.25, 0.3) is 10.4 Å². The highest BCUT2D eigenvalue weighted by atomic mass is 32.2. The Morgan fingerprint density at radius 3 is 2.08 bits per heavy atom. The van der Waals surface area contributed by atoms with Crippen molar-refractivity contribution in [2.24, 2.45) is 0 Å². The van der Waals surface area contributed by atoms with Crippen LogP contribution in [0.3, 0.4) is 0 Å². The van der Waals surface area contributed by atoms with Gasteiger partial charge in [0.1, 0.15) is 0 Å². The third-order valence-corrected chi connectivity index (χ3v) is 7.99. The van der Waals surface area contributed by atoms with Crippen LogP contribution in [-0.2, 0) is 37.3 Å². The third-order valence-electron chi connectivity index (χ3n) is 5.94. The second-order valence-corrected chi connectivity index (χ2v) is 11.1. The molecule has 0 spiro atoms. The normalized spacial score (nSPS) is 12.0. The number of anilines is 1. The van der Waals surface area contributed by atoms with Crippen LogP contribution < -0.4 is 5.32 Å². The van der Waals surface area contributed by atoms with Gasteiger partial charge < -0.3 is 5.32 Å². The summed E-state index contributed by atoms with van der Waals surface area (Å²) in [5.74, 6) is -1.89. The number of carbonyl (C=O) groups is 3. The molecule has 2 N–H and O–H groups in total. The standard InChI is InChI=1S/C29H25NO6S2/c31-25(29(33)30-24-15-13-22(14-16-24)27-7-4-18-37-27)17-12-20-8-10-21(11-9-20)19-26(32)28(38(34,35)36)23-5-2-1-3-6-23/h1-11,13-16,18,28H,12,17,19H2,(H,30,33)(H,34,35,36). The van der Waals surface area contributed by atoms with Crippen LogP contribution in [0, 0.1) is 0 Å². The molecule has 4 rings (SSSR count). The molecule has 9 heteroatoms. The van der Waals surface area contributed by atoms with Crippen molar-refractivity contribution < 1.29 is 27.4 Å². The summed E-state index contributed by atoms with van der Waals surface area (Å²) in [4.78, 5) is 38.5. The number of hydrogen-bond acceptors (Lipinski definition) is 6. The quantitative estimate of drug-likeness (QED) is 0.194. The Hall–Kier alpha value is -3.92. The molecule has 4 aromatic rings. The maximum atomic E-state index is 12.7. The topological polar surface area (TPSA) is 118 Å². The maximum Gasteiger partial charge on any atom is 0.291 e. The maximum absolute atomic E-state index is 12.7. The van der Waals surface area contributed by atoms with Gasteiger partial charge in [0, 0.05) is 23.4 Å². The summed E-state index contributed by atoms with van der Waals surface area (Å²) < 4.78 is 33.4. The summed E-state index contributed by atoms with van der Waals surface area (Å²) >= 11 is 1.62. The first-order valence-electron chi connectivity index (χ1n) is 11.8. The van der Waals surface area contributed by atoms with Gasteiger partial charge in [0.05, 0.1) is 0 Å². The number of rotatable bonds is 11. The van der Waals surface area contributed by atoms with Gasteiger partial charge in [0.15, 0.2) is 11.0 Å². The molecule has 0 radical (unpaired) electrons. The highest BCUT2D eigenvalue weighted by Crippen LogP contribution is 2.26. The molecule has 38 heavy (non-hydrogen) atoms. The highest BCUT2D eigenvalue weighted by Gasteiger charge is 2.32. The lowest BCUT2D eigenvalue weighted by molar-refractivity contribution is -0.134. The molecule has 0 fully saturated rings. The first kappa shape index (κ1) is 27.1. The van der Waals surface area contributed by atoms with Crippen molar-refractivity contribution in [2.75, 3.05) is 5.32 Å². The number of amides is 1. The van der Waals surface area contributed by atoms with Crippen molar-refractivity contribution in [3.8, 4) is 10.4 Å². The van der Waals surface area contributed by atoms with Crippen molar-refractivity contribution >= 4 is 44.6 Å². The Morgan fingerprint density at radius 1 is 0.816 bits per heavy atom. The van der Waals surface area contributed by atoms with E-state index in [1.165, 1.54) is 12.1 Å². The van der Waals surface area contributed by atoms with E-state index in [9.17, 15) is 27.4 Å². The predicted molar refractivity (Wildman–Crippen MR) is 148 cm³/mol. The van der Waals surface area contributed by atoms with Gasteiger partial charge in [0.2, 0.25) is 5.78 Å². The van der Waals surface area contributed by atoms with Gasteiger partial charge in [-0.1, -0.05) is 72.8 Å². The van der Waals surface area contributed by atoms with Gasteiger partial charge in [-0.25, -0.2) is 0 Å². The van der Waals surface area contributed by atoms with Crippen LogP contribution in [0.5, 0.6) is 0 Å².